The fourth-order valence-corrected chi connectivity index (χ4v) is 6.48. The molecule has 3 aliphatic rings. The van der Waals surface area contributed by atoms with Crippen LogP contribution in [0, 0.1) is 22.7 Å². The average Bonchev–Trinajstić information content (AvgIpc) is 3.14. The zero-order chi connectivity index (χ0) is 20.8. The summed E-state index contributed by atoms with van der Waals surface area (Å²) in [6.07, 6.45) is 3.43. The normalized spacial score (nSPS) is 34.8. The number of nitrogens with zero attached hydrogens (tertiary/aromatic N) is 1. The topological polar surface area (TPSA) is 50.8 Å². The van der Waals surface area contributed by atoms with Crippen LogP contribution < -0.4 is 10.1 Å². The van der Waals surface area contributed by atoms with Gasteiger partial charge in [0.05, 0.1) is 6.10 Å². The molecule has 1 aliphatic heterocycles. The first-order chi connectivity index (χ1) is 13.8. The summed E-state index contributed by atoms with van der Waals surface area (Å²) < 4.78 is 12.6. The molecule has 1 saturated heterocycles. The molecule has 29 heavy (non-hydrogen) atoms. The zero-order valence-electron chi connectivity index (χ0n) is 18.5. The number of nitrogens with one attached hydrogen (secondary N) is 1. The van der Waals surface area contributed by atoms with Crippen molar-refractivity contribution in [2.24, 2.45) is 22.7 Å². The number of amides is 1. The van der Waals surface area contributed by atoms with E-state index in [4.69, 9.17) is 9.47 Å². The van der Waals surface area contributed by atoms with Crippen molar-refractivity contribution in [2.75, 3.05) is 33.9 Å². The van der Waals surface area contributed by atoms with E-state index in [1.54, 1.807) is 6.92 Å². The maximum atomic E-state index is 12.0. The molecule has 2 bridgehead atoms. The van der Waals surface area contributed by atoms with Gasteiger partial charge in [-0.1, -0.05) is 32.0 Å². The molecule has 0 unspecified atom stereocenters. The Kier molecular flexibility index (Phi) is 5.41. The van der Waals surface area contributed by atoms with Crippen molar-refractivity contribution in [2.45, 2.75) is 52.2 Å². The third-order valence-electron chi connectivity index (χ3n) is 7.87. The maximum absolute atomic E-state index is 12.0. The Hall–Kier alpha value is -1.59. The smallest absolute Gasteiger partial charge is 0.217 e. The Morgan fingerprint density at radius 2 is 2.07 bits per heavy atom. The molecule has 5 atom stereocenters. The van der Waals surface area contributed by atoms with Crippen molar-refractivity contribution < 1.29 is 14.3 Å². The highest BCUT2D eigenvalue weighted by molar-refractivity contribution is 5.73. The number of carbonyl (C=O) groups is 1. The second kappa shape index (κ2) is 7.59. The molecule has 5 heteroatoms. The maximum Gasteiger partial charge on any atom is 0.217 e. The Balaban J connectivity index is 1.63. The summed E-state index contributed by atoms with van der Waals surface area (Å²) in [6, 6.07) is 8.57. The van der Waals surface area contributed by atoms with Gasteiger partial charge in [-0.05, 0) is 62.1 Å². The molecular weight excluding hydrogens is 364 g/mol. The Labute approximate surface area is 175 Å². The molecule has 1 aromatic carbocycles. The van der Waals surface area contributed by atoms with E-state index >= 15 is 0 Å². The highest BCUT2D eigenvalue weighted by atomic mass is 16.5. The Bertz CT molecular complexity index is 762. The Morgan fingerprint density at radius 1 is 1.31 bits per heavy atom. The summed E-state index contributed by atoms with van der Waals surface area (Å²) in [7, 11) is 4.12. The molecule has 2 saturated carbocycles. The standard InChI is InChI=1S/C24H36N2O3/c1-16(27)25-22-23(2,3)17-14-19-21(29-12-10-24(19,22)15-17)18-8-6-7-9-20(18)28-13-11-26(4)5/h6-9,17,19,21-22H,10-15H2,1-5H3,(H,25,27)/t17-,19-,21-,22+,24-/m1/s1. The lowest BCUT2D eigenvalue weighted by molar-refractivity contribution is -0.136. The van der Waals surface area contributed by atoms with E-state index in [0.29, 0.717) is 18.4 Å². The highest BCUT2D eigenvalue weighted by Gasteiger charge is 2.68. The highest BCUT2D eigenvalue weighted by Crippen LogP contribution is 2.70. The van der Waals surface area contributed by atoms with Crippen molar-refractivity contribution in [1.29, 1.82) is 0 Å². The van der Waals surface area contributed by atoms with Crippen molar-refractivity contribution >= 4 is 5.91 Å². The number of carbonyl (C=O) groups excluding carboxylic acids is 1. The predicted octanol–water partition coefficient (Wildman–Crippen LogP) is 3.65. The number of ether oxygens (including phenoxy) is 2. The molecule has 3 fully saturated rings. The van der Waals surface area contributed by atoms with Gasteiger partial charge < -0.3 is 19.7 Å². The van der Waals surface area contributed by atoms with E-state index in [0.717, 1.165) is 25.3 Å². The number of para-hydroxylation sites is 1. The number of likely N-dealkylation sites (N-methyl/N-ethyl adjacent to an activating group) is 1. The van der Waals surface area contributed by atoms with Crippen LogP contribution in [-0.2, 0) is 9.53 Å². The van der Waals surface area contributed by atoms with Crippen LogP contribution >= 0.6 is 0 Å². The molecule has 0 aromatic heterocycles. The van der Waals surface area contributed by atoms with E-state index in [-0.39, 0.29) is 28.9 Å². The van der Waals surface area contributed by atoms with Gasteiger partial charge in [-0.2, -0.15) is 0 Å². The summed E-state index contributed by atoms with van der Waals surface area (Å²) >= 11 is 0. The van der Waals surface area contributed by atoms with E-state index in [1.165, 1.54) is 18.4 Å². The van der Waals surface area contributed by atoms with E-state index in [1.807, 2.05) is 6.07 Å². The summed E-state index contributed by atoms with van der Waals surface area (Å²) in [4.78, 5) is 14.2. The SMILES string of the molecule is CC(=O)N[C@H]1C(C)(C)[C@@H]2C[C@@H]3[C@@H](c4ccccc4OCCN(C)C)OCC[C@@]31C2. The van der Waals surface area contributed by atoms with Gasteiger partial charge in [0.2, 0.25) is 5.91 Å². The number of hydrogen-bond donors (Lipinski definition) is 1. The van der Waals surface area contributed by atoms with Gasteiger partial charge in [0, 0.05) is 31.7 Å². The second-order valence-electron chi connectivity index (χ2n) is 10.2. The minimum atomic E-state index is 0.0386. The third-order valence-corrected chi connectivity index (χ3v) is 7.87. The lowest BCUT2D eigenvalue weighted by Crippen LogP contribution is -2.58. The minimum Gasteiger partial charge on any atom is -0.492 e. The first-order valence-electron chi connectivity index (χ1n) is 11.0. The van der Waals surface area contributed by atoms with E-state index in [9.17, 15) is 4.79 Å². The molecule has 160 valence electrons. The summed E-state index contributed by atoms with van der Waals surface area (Å²) in [6.45, 7) is 8.62. The van der Waals surface area contributed by atoms with Crippen LogP contribution in [0.1, 0.15) is 51.7 Å². The molecule has 4 rings (SSSR count). The average molecular weight is 401 g/mol. The van der Waals surface area contributed by atoms with Crippen LogP contribution in [0.15, 0.2) is 24.3 Å². The quantitative estimate of drug-likeness (QED) is 0.792. The van der Waals surface area contributed by atoms with Crippen molar-refractivity contribution in [3.63, 3.8) is 0 Å². The van der Waals surface area contributed by atoms with Crippen LogP contribution in [0.4, 0.5) is 0 Å². The van der Waals surface area contributed by atoms with Gasteiger partial charge in [-0.15, -0.1) is 0 Å². The summed E-state index contributed by atoms with van der Waals surface area (Å²) in [5, 5.41) is 3.36. The van der Waals surface area contributed by atoms with Crippen LogP contribution in [0.3, 0.4) is 0 Å². The van der Waals surface area contributed by atoms with Crippen LogP contribution in [-0.4, -0.2) is 50.7 Å². The fourth-order valence-electron chi connectivity index (χ4n) is 6.48. The fraction of sp³-hybridized carbons (Fsp3) is 0.708. The van der Waals surface area contributed by atoms with Gasteiger partial charge in [0.15, 0.2) is 0 Å². The molecule has 1 aromatic rings. The molecule has 2 aliphatic carbocycles. The van der Waals surface area contributed by atoms with Crippen molar-refractivity contribution in [1.82, 2.24) is 10.2 Å². The van der Waals surface area contributed by atoms with Gasteiger partial charge in [0.25, 0.3) is 0 Å². The minimum absolute atomic E-state index is 0.0386. The van der Waals surface area contributed by atoms with Gasteiger partial charge in [-0.3, -0.25) is 4.79 Å². The molecule has 1 N–H and O–H groups in total. The number of rotatable bonds is 6. The summed E-state index contributed by atoms with van der Waals surface area (Å²) in [5.41, 5.74) is 1.42. The molecule has 5 nitrogen and oxygen atoms in total. The first-order valence-corrected chi connectivity index (χ1v) is 11.0. The molecular formula is C24H36N2O3. The Morgan fingerprint density at radius 3 is 2.79 bits per heavy atom. The van der Waals surface area contributed by atoms with Gasteiger partial charge >= 0.3 is 0 Å². The largest absolute Gasteiger partial charge is 0.492 e. The molecule has 1 spiro atoms. The number of hydrogen-bond acceptors (Lipinski definition) is 4. The summed E-state index contributed by atoms with van der Waals surface area (Å²) in [5.74, 6) is 2.06. The molecule has 1 heterocycles. The van der Waals surface area contributed by atoms with Crippen molar-refractivity contribution in [3.05, 3.63) is 29.8 Å². The first kappa shape index (κ1) is 20.7. The van der Waals surface area contributed by atoms with Gasteiger partial charge in [-0.25, -0.2) is 0 Å². The molecule has 0 radical (unpaired) electrons. The number of benzene rings is 1. The lowest BCUT2D eigenvalue weighted by Gasteiger charge is -2.53. The zero-order valence-corrected chi connectivity index (χ0v) is 18.5. The van der Waals surface area contributed by atoms with Crippen LogP contribution in [0.25, 0.3) is 0 Å². The van der Waals surface area contributed by atoms with E-state index < -0.39 is 0 Å². The van der Waals surface area contributed by atoms with Crippen molar-refractivity contribution in [3.8, 4) is 5.75 Å². The molecule has 1 amide bonds. The van der Waals surface area contributed by atoms with Crippen LogP contribution in [0.5, 0.6) is 5.75 Å². The van der Waals surface area contributed by atoms with Gasteiger partial charge in [0.1, 0.15) is 12.4 Å². The monoisotopic (exact) mass is 400 g/mol. The number of fused-ring (bicyclic) bond motifs is 1. The predicted molar refractivity (Wildman–Crippen MR) is 114 cm³/mol. The van der Waals surface area contributed by atoms with E-state index in [2.05, 4.69) is 56.4 Å². The van der Waals surface area contributed by atoms with Crippen LogP contribution in [0.2, 0.25) is 0 Å². The third kappa shape index (κ3) is 3.46. The second-order valence-corrected chi connectivity index (χ2v) is 10.2. The lowest BCUT2D eigenvalue weighted by atomic mass is 9.58.